The van der Waals surface area contributed by atoms with E-state index in [4.69, 9.17) is 4.55 Å². The number of hydrogen-bond donors (Lipinski definition) is 1. The Hall–Kier alpha value is -1.99. The molecular formula is C10H7NO5S. The molecule has 2 rings (SSSR count). The van der Waals surface area contributed by atoms with E-state index in [0.717, 1.165) is 0 Å². The van der Waals surface area contributed by atoms with Gasteiger partial charge in [-0.25, -0.2) is 0 Å². The molecular weight excluding hydrogens is 246 g/mol. The fourth-order valence-electron chi connectivity index (χ4n) is 1.49. The van der Waals surface area contributed by atoms with E-state index >= 15 is 0 Å². The highest BCUT2D eigenvalue weighted by Gasteiger charge is 2.11. The predicted octanol–water partition coefficient (Wildman–Crippen LogP) is 1.99. The Labute approximate surface area is 96.4 Å². The first-order chi connectivity index (χ1) is 7.88. The molecule has 0 radical (unpaired) electrons. The molecule has 0 amide bonds. The smallest absolute Gasteiger partial charge is 0.282 e. The molecule has 0 saturated heterocycles. The number of non-ortho nitro benzene ring substituents is 1. The van der Waals surface area contributed by atoms with Crippen molar-refractivity contribution in [2.45, 2.75) is 4.90 Å². The van der Waals surface area contributed by atoms with E-state index < -0.39 is 15.0 Å². The second-order valence-electron chi connectivity index (χ2n) is 3.43. The fraction of sp³-hybridized carbons (Fsp3) is 0. The Kier molecular flexibility index (Phi) is 2.56. The maximum atomic E-state index is 10.9. The van der Waals surface area contributed by atoms with E-state index in [9.17, 15) is 18.5 Å². The van der Waals surface area contributed by atoms with Crippen LogP contribution in [-0.4, -0.2) is 17.9 Å². The van der Waals surface area contributed by atoms with Crippen molar-refractivity contribution >= 4 is 26.6 Å². The molecule has 6 nitrogen and oxygen atoms in total. The molecule has 0 aliphatic rings. The lowest BCUT2D eigenvalue weighted by Gasteiger charge is -2.00. The van der Waals surface area contributed by atoms with Crippen LogP contribution in [0.5, 0.6) is 0 Å². The minimum atomic E-state index is -4.25. The first kappa shape index (κ1) is 11.5. The lowest BCUT2D eigenvalue weighted by molar-refractivity contribution is -0.384. The first-order valence-electron chi connectivity index (χ1n) is 4.53. The van der Waals surface area contributed by atoms with Crippen molar-refractivity contribution in [2.24, 2.45) is 0 Å². The van der Waals surface area contributed by atoms with E-state index in [-0.39, 0.29) is 10.6 Å². The van der Waals surface area contributed by atoms with Gasteiger partial charge in [0.25, 0.3) is 15.8 Å². The summed E-state index contributed by atoms with van der Waals surface area (Å²) in [6.45, 7) is 0. The number of nitro groups is 1. The number of benzene rings is 2. The molecule has 0 bridgehead atoms. The van der Waals surface area contributed by atoms with Gasteiger partial charge in [0.2, 0.25) is 0 Å². The molecule has 0 unspecified atom stereocenters. The van der Waals surface area contributed by atoms with Crippen LogP contribution in [0.1, 0.15) is 0 Å². The van der Waals surface area contributed by atoms with Gasteiger partial charge in [0.05, 0.1) is 9.82 Å². The maximum Gasteiger partial charge on any atom is 0.294 e. The molecule has 0 aliphatic heterocycles. The van der Waals surface area contributed by atoms with Crippen molar-refractivity contribution in [1.29, 1.82) is 0 Å². The van der Waals surface area contributed by atoms with Gasteiger partial charge in [-0.05, 0) is 29.0 Å². The Morgan fingerprint density at radius 1 is 1.06 bits per heavy atom. The molecule has 2 aromatic carbocycles. The largest absolute Gasteiger partial charge is 0.294 e. The molecule has 17 heavy (non-hydrogen) atoms. The third-order valence-corrected chi connectivity index (χ3v) is 3.15. The maximum absolute atomic E-state index is 10.9. The Balaban J connectivity index is 2.66. The molecule has 7 heteroatoms. The zero-order valence-corrected chi connectivity index (χ0v) is 9.22. The van der Waals surface area contributed by atoms with Crippen LogP contribution < -0.4 is 0 Å². The average molecular weight is 253 g/mol. The third kappa shape index (κ3) is 2.24. The SMILES string of the molecule is O=[N+]([O-])c1ccc2cc(S(=O)(=O)O)ccc2c1. The summed E-state index contributed by atoms with van der Waals surface area (Å²) >= 11 is 0. The molecule has 0 aliphatic carbocycles. The van der Waals surface area contributed by atoms with E-state index in [1.165, 1.54) is 36.4 Å². The molecule has 2 aromatic rings. The summed E-state index contributed by atoms with van der Waals surface area (Å²) in [4.78, 5) is 9.77. The van der Waals surface area contributed by atoms with Gasteiger partial charge in [0.1, 0.15) is 0 Å². The lowest BCUT2D eigenvalue weighted by atomic mass is 10.1. The quantitative estimate of drug-likeness (QED) is 0.501. The average Bonchev–Trinajstić information content (AvgIpc) is 2.26. The highest BCUT2D eigenvalue weighted by Crippen LogP contribution is 2.23. The summed E-state index contributed by atoms with van der Waals surface area (Å²) in [5, 5.41) is 11.6. The molecule has 0 aromatic heterocycles. The van der Waals surface area contributed by atoms with Crippen LogP contribution in [0.25, 0.3) is 10.8 Å². The molecule has 0 saturated carbocycles. The van der Waals surface area contributed by atoms with Crippen LogP contribution >= 0.6 is 0 Å². The Morgan fingerprint density at radius 2 is 1.65 bits per heavy atom. The van der Waals surface area contributed by atoms with Crippen molar-refractivity contribution in [3.05, 3.63) is 46.5 Å². The zero-order valence-electron chi connectivity index (χ0n) is 8.40. The predicted molar refractivity (Wildman–Crippen MR) is 60.4 cm³/mol. The number of nitro benzene ring substituents is 1. The van der Waals surface area contributed by atoms with Crippen LogP contribution in [0.15, 0.2) is 41.3 Å². The fourth-order valence-corrected chi connectivity index (χ4v) is 2.00. The summed E-state index contributed by atoms with van der Waals surface area (Å²) in [6.07, 6.45) is 0. The van der Waals surface area contributed by atoms with Crippen molar-refractivity contribution in [3.63, 3.8) is 0 Å². The lowest BCUT2D eigenvalue weighted by Crippen LogP contribution is -1.97. The second-order valence-corrected chi connectivity index (χ2v) is 4.85. The van der Waals surface area contributed by atoms with Crippen molar-refractivity contribution < 1.29 is 17.9 Å². The highest BCUT2D eigenvalue weighted by molar-refractivity contribution is 7.85. The first-order valence-corrected chi connectivity index (χ1v) is 5.97. The Bertz CT molecular complexity index is 708. The van der Waals surface area contributed by atoms with E-state index in [1.807, 2.05) is 0 Å². The number of fused-ring (bicyclic) bond motifs is 1. The monoisotopic (exact) mass is 253 g/mol. The van der Waals surface area contributed by atoms with Gasteiger partial charge in [-0.1, -0.05) is 6.07 Å². The summed E-state index contributed by atoms with van der Waals surface area (Å²) in [5.74, 6) is 0. The zero-order chi connectivity index (χ0) is 12.6. The van der Waals surface area contributed by atoms with Gasteiger partial charge in [-0.2, -0.15) is 8.42 Å². The number of rotatable bonds is 2. The van der Waals surface area contributed by atoms with Crippen molar-refractivity contribution in [1.82, 2.24) is 0 Å². The summed E-state index contributed by atoms with van der Waals surface area (Å²) < 4.78 is 30.7. The topological polar surface area (TPSA) is 97.5 Å². The minimum absolute atomic E-state index is 0.0721. The van der Waals surface area contributed by atoms with Crippen molar-refractivity contribution in [2.75, 3.05) is 0 Å². The second kappa shape index (κ2) is 3.79. The molecule has 1 N–H and O–H groups in total. The summed E-state index contributed by atoms with van der Waals surface area (Å²) in [7, 11) is -4.25. The van der Waals surface area contributed by atoms with Crippen LogP contribution in [-0.2, 0) is 10.1 Å². The van der Waals surface area contributed by atoms with Gasteiger partial charge in [0, 0.05) is 12.1 Å². The Morgan fingerprint density at radius 3 is 2.24 bits per heavy atom. The van der Waals surface area contributed by atoms with E-state index in [1.54, 1.807) is 0 Å². The molecule has 0 spiro atoms. The van der Waals surface area contributed by atoms with Gasteiger partial charge < -0.3 is 0 Å². The van der Waals surface area contributed by atoms with Crippen LogP contribution in [0, 0.1) is 10.1 Å². The van der Waals surface area contributed by atoms with Crippen LogP contribution in [0.2, 0.25) is 0 Å². The summed E-state index contributed by atoms with van der Waals surface area (Å²) in [6, 6.07) is 7.91. The van der Waals surface area contributed by atoms with E-state index in [2.05, 4.69) is 0 Å². The van der Waals surface area contributed by atoms with Crippen LogP contribution in [0.4, 0.5) is 5.69 Å². The molecule has 0 fully saturated rings. The molecule has 0 heterocycles. The van der Waals surface area contributed by atoms with Crippen molar-refractivity contribution in [3.8, 4) is 0 Å². The van der Waals surface area contributed by atoms with Gasteiger partial charge >= 0.3 is 0 Å². The minimum Gasteiger partial charge on any atom is -0.282 e. The molecule has 0 atom stereocenters. The van der Waals surface area contributed by atoms with E-state index in [0.29, 0.717) is 10.8 Å². The highest BCUT2D eigenvalue weighted by atomic mass is 32.2. The normalized spacial score (nSPS) is 11.6. The standard InChI is InChI=1S/C10H7NO5S/c12-11(13)9-3-1-8-6-10(17(14,15)16)4-2-7(8)5-9/h1-6H,(H,14,15,16). The number of hydrogen-bond acceptors (Lipinski definition) is 4. The van der Waals surface area contributed by atoms with Gasteiger partial charge in [0.15, 0.2) is 0 Å². The third-order valence-electron chi connectivity index (χ3n) is 2.30. The van der Waals surface area contributed by atoms with Crippen LogP contribution in [0.3, 0.4) is 0 Å². The van der Waals surface area contributed by atoms with Gasteiger partial charge in [-0.15, -0.1) is 0 Å². The number of nitrogens with zero attached hydrogens (tertiary/aromatic N) is 1. The summed E-state index contributed by atoms with van der Waals surface area (Å²) in [5.41, 5.74) is -0.0721. The molecule has 88 valence electrons. The van der Waals surface area contributed by atoms with Gasteiger partial charge in [-0.3, -0.25) is 14.7 Å².